The summed E-state index contributed by atoms with van der Waals surface area (Å²) in [4.78, 5) is 11.4. The van der Waals surface area contributed by atoms with Gasteiger partial charge in [-0.1, -0.05) is 6.42 Å². The van der Waals surface area contributed by atoms with Gasteiger partial charge in [0.05, 0.1) is 0 Å². The van der Waals surface area contributed by atoms with Gasteiger partial charge in [-0.2, -0.15) is 0 Å². The zero-order valence-corrected chi connectivity index (χ0v) is 13.2. The van der Waals surface area contributed by atoms with Gasteiger partial charge in [-0.15, -0.1) is 0 Å². The van der Waals surface area contributed by atoms with Gasteiger partial charge in [0.15, 0.2) is 5.82 Å². The third kappa shape index (κ3) is 5.47. The second-order valence-corrected chi connectivity index (χ2v) is 5.35. The number of hydrogen-bond donors (Lipinski definition) is 2. The van der Waals surface area contributed by atoms with Crippen molar-refractivity contribution in [1.29, 1.82) is 0 Å². The smallest absolute Gasteiger partial charge is 0.158 e. The van der Waals surface area contributed by atoms with Crippen LogP contribution in [0.25, 0.3) is 0 Å². The van der Waals surface area contributed by atoms with Crippen LogP contribution < -0.4 is 10.6 Å². The second-order valence-electron chi connectivity index (χ2n) is 5.35. The highest BCUT2D eigenvalue weighted by molar-refractivity contribution is 5.47. The molecule has 2 N–H and O–H groups in total. The fourth-order valence-electron chi connectivity index (χ4n) is 2.58. The Hall–Kier alpha value is -1.40. The van der Waals surface area contributed by atoms with Gasteiger partial charge < -0.3 is 20.3 Å². The number of hydrogen-bond acceptors (Lipinski definition) is 6. The minimum absolute atomic E-state index is 0.431. The maximum absolute atomic E-state index is 5.13. The Morgan fingerprint density at radius 1 is 1.14 bits per heavy atom. The lowest BCUT2D eigenvalue weighted by atomic mass is 10.1. The van der Waals surface area contributed by atoms with Crippen LogP contribution in [0, 0.1) is 0 Å². The maximum atomic E-state index is 5.13. The molecule has 1 aromatic rings. The van der Waals surface area contributed by atoms with E-state index in [9.17, 15) is 0 Å². The van der Waals surface area contributed by atoms with Crippen LogP contribution in [0.1, 0.15) is 32.0 Å². The maximum Gasteiger partial charge on any atom is 0.158 e. The van der Waals surface area contributed by atoms with E-state index in [1.807, 2.05) is 6.07 Å². The van der Waals surface area contributed by atoms with E-state index >= 15 is 0 Å². The SMILES string of the molecule is CCNc1cc(NCCN2CCCCC2)nc(COC)n1. The molecular weight excluding hydrogens is 266 g/mol. The average Bonchev–Trinajstić information content (AvgIpc) is 2.49. The first-order chi connectivity index (χ1) is 10.3. The predicted octanol–water partition coefficient (Wildman–Crippen LogP) is 1.95. The zero-order valence-electron chi connectivity index (χ0n) is 13.2. The Kier molecular flexibility index (Phi) is 6.69. The summed E-state index contributed by atoms with van der Waals surface area (Å²) in [5.41, 5.74) is 0. The van der Waals surface area contributed by atoms with Crippen LogP contribution in [0.3, 0.4) is 0 Å². The van der Waals surface area contributed by atoms with Crippen molar-refractivity contribution < 1.29 is 4.74 Å². The average molecular weight is 293 g/mol. The fourth-order valence-corrected chi connectivity index (χ4v) is 2.58. The van der Waals surface area contributed by atoms with Crippen molar-refractivity contribution in [2.45, 2.75) is 32.8 Å². The molecule has 0 saturated carbocycles. The summed E-state index contributed by atoms with van der Waals surface area (Å²) in [5, 5.41) is 6.63. The van der Waals surface area contributed by atoms with Gasteiger partial charge in [0.25, 0.3) is 0 Å². The highest BCUT2D eigenvalue weighted by Gasteiger charge is 2.09. The Labute approximate surface area is 127 Å². The number of piperidine rings is 1. The highest BCUT2D eigenvalue weighted by Crippen LogP contribution is 2.12. The van der Waals surface area contributed by atoms with Crippen LogP contribution in [0.2, 0.25) is 0 Å². The first-order valence-corrected chi connectivity index (χ1v) is 7.89. The third-order valence-electron chi connectivity index (χ3n) is 3.59. The topological polar surface area (TPSA) is 62.3 Å². The van der Waals surface area contributed by atoms with Crippen molar-refractivity contribution in [2.24, 2.45) is 0 Å². The molecule has 2 heterocycles. The van der Waals surface area contributed by atoms with Crippen LogP contribution >= 0.6 is 0 Å². The van der Waals surface area contributed by atoms with Gasteiger partial charge in [0.2, 0.25) is 0 Å². The van der Waals surface area contributed by atoms with E-state index in [-0.39, 0.29) is 0 Å². The van der Waals surface area contributed by atoms with Crippen molar-refractivity contribution in [3.05, 3.63) is 11.9 Å². The summed E-state index contributed by atoms with van der Waals surface area (Å²) in [6.45, 7) is 7.76. The minimum atomic E-state index is 0.431. The van der Waals surface area contributed by atoms with Gasteiger partial charge >= 0.3 is 0 Å². The lowest BCUT2D eigenvalue weighted by Crippen LogP contribution is -2.33. The minimum Gasteiger partial charge on any atom is -0.377 e. The molecule has 0 radical (unpaired) electrons. The molecule has 6 heteroatoms. The summed E-state index contributed by atoms with van der Waals surface area (Å²) in [5.74, 6) is 2.42. The van der Waals surface area contributed by atoms with E-state index in [0.29, 0.717) is 12.4 Å². The number of anilines is 2. The van der Waals surface area contributed by atoms with Gasteiger partial charge in [-0.05, 0) is 32.9 Å². The predicted molar refractivity (Wildman–Crippen MR) is 85.7 cm³/mol. The number of aromatic nitrogens is 2. The lowest BCUT2D eigenvalue weighted by Gasteiger charge is -2.26. The van der Waals surface area contributed by atoms with Crippen molar-refractivity contribution in [3.8, 4) is 0 Å². The Morgan fingerprint density at radius 3 is 2.52 bits per heavy atom. The van der Waals surface area contributed by atoms with Gasteiger partial charge in [-0.3, -0.25) is 0 Å². The molecule has 1 fully saturated rings. The Balaban J connectivity index is 1.87. The van der Waals surface area contributed by atoms with E-state index < -0.39 is 0 Å². The summed E-state index contributed by atoms with van der Waals surface area (Å²) >= 11 is 0. The molecular formula is C15H27N5O. The van der Waals surface area contributed by atoms with Crippen LogP contribution in [0.15, 0.2) is 6.07 Å². The number of ether oxygens (including phenoxy) is 1. The van der Waals surface area contributed by atoms with E-state index in [1.165, 1.54) is 32.4 Å². The summed E-state index contributed by atoms with van der Waals surface area (Å²) in [6.07, 6.45) is 4.04. The summed E-state index contributed by atoms with van der Waals surface area (Å²) < 4.78 is 5.13. The number of nitrogens with zero attached hydrogens (tertiary/aromatic N) is 3. The van der Waals surface area contributed by atoms with Crippen molar-refractivity contribution >= 4 is 11.6 Å². The third-order valence-corrected chi connectivity index (χ3v) is 3.59. The quantitative estimate of drug-likeness (QED) is 0.764. The van der Waals surface area contributed by atoms with Crippen LogP contribution in [-0.4, -0.2) is 54.7 Å². The molecule has 1 aliphatic heterocycles. The molecule has 0 aromatic carbocycles. The first kappa shape index (κ1) is 16.0. The monoisotopic (exact) mass is 293 g/mol. The Morgan fingerprint density at radius 2 is 1.86 bits per heavy atom. The van der Waals surface area contributed by atoms with Crippen LogP contribution in [0.4, 0.5) is 11.6 Å². The van der Waals surface area contributed by atoms with Gasteiger partial charge in [0.1, 0.15) is 18.2 Å². The van der Waals surface area contributed by atoms with Crippen LogP contribution in [-0.2, 0) is 11.3 Å². The van der Waals surface area contributed by atoms with Crippen molar-refractivity contribution in [1.82, 2.24) is 14.9 Å². The van der Waals surface area contributed by atoms with Crippen molar-refractivity contribution in [3.63, 3.8) is 0 Å². The molecule has 21 heavy (non-hydrogen) atoms. The second kappa shape index (κ2) is 8.79. The molecule has 0 unspecified atom stereocenters. The Bertz CT molecular complexity index is 396. The van der Waals surface area contributed by atoms with E-state index in [0.717, 1.165) is 31.3 Å². The molecule has 118 valence electrons. The molecule has 1 saturated heterocycles. The highest BCUT2D eigenvalue weighted by atomic mass is 16.5. The molecule has 6 nitrogen and oxygen atoms in total. The van der Waals surface area contributed by atoms with E-state index in [4.69, 9.17) is 4.74 Å². The molecule has 1 aromatic heterocycles. The molecule has 0 amide bonds. The van der Waals surface area contributed by atoms with E-state index in [2.05, 4.69) is 32.4 Å². The first-order valence-electron chi connectivity index (χ1n) is 7.89. The summed E-state index contributed by atoms with van der Waals surface area (Å²) in [6, 6.07) is 1.96. The lowest BCUT2D eigenvalue weighted by molar-refractivity contribution is 0.178. The van der Waals surface area contributed by atoms with Crippen LogP contribution in [0.5, 0.6) is 0 Å². The van der Waals surface area contributed by atoms with Gasteiger partial charge in [0, 0.05) is 32.8 Å². The van der Waals surface area contributed by atoms with E-state index in [1.54, 1.807) is 7.11 Å². The number of rotatable bonds is 8. The van der Waals surface area contributed by atoms with Gasteiger partial charge in [-0.25, -0.2) is 9.97 Å². The molecule has 2 rings (SSSR count). The standard InChI is InChI=1S/C15H27N5O/c1-3-16-13-11-14(19-15(18-13)12-21-2)17-7-10-20-8-5-4-6-9-20/h11H,3-10,12H2,1-2H3,(H2,16,17,18,19). The fraction of sp³-hybridized carbons (Fsp3) is 0.733. The molecule has 0 bridgehead atoms. The largest absolute Gasteiger partial charge is 0.377 e. The number of likely N-dealkylation sites (tertiary alicyclic amines) is 1. The van der Waals surface area contributed by atoms with Crippen molar-refractivity contribution in [2.75, 3.05) is 50.5 Å². The number of nitrogens with one attached hydrogen (secondary N) is 2. The summed E-state index contributed by atoms with van der Waals surface area (Å²) in [7, 11) is 1.66. The molecule has 0 spiro atoms. The molecule has 0 atom stereocenters. The zero-order chi connectivity index (χ0) is 14.9. The molecule has 1 aliphatic rings. The molecule has 0 aliphatic carbocycles. The number of methoxy groups -OCH3 is 1. The normalized spacial score (nSPS) is 15.9.